The van der Waals surface area contributed by atoms with Gasteiger partial charge in [-0.2, -0.15) is 0 Å². The quantitative estimate of drug-likeness (QED) is 0.185. The summed E-state index contributed by atoms with van der Waals surface area (Å²) in [5, 5.41) is 44.7. The fourth-order valence-electron chi connectivity index (χ4n) is 4.03. The van der Waals surface area contributed by atoms with Crippen LogP contribution in [0.4, 0.5) is 0 Å². The summed E-state index contributed by atoms with van der Waals surface area (Å²) >= 11 is 0. The van der Waals surface area contributed by atoms with E-state index in [0.717, 1.165) is 44.8 Å². The molecule has 8 bridgehead atoms. The predicted octanol–water partition coefficient (Wildman–Crippen LogP) is 1.43. The van der Waals surface area contributed by atoms with Crippen LogP contribution in [0.15, 0.2) is 48.5 Å². The highest BCUT2D eigenvalue weighted by Crippen LogP contribution is 2.19. The molecule has 6 heterocycles. The lowest BCUT2D eigenvalue weighted by Crippen LogP contribution is -2.58. The second kappa shape index (κ2) is 10.2. The number of aromatic amines is 2. The van der Waals surface area contributed by atoms with Gasteiger partial charge in [-0.3, -0.25) is 0 Å². The largest absolute Gasteiger partial charge is 0.394 e. The number of hydrogen-bond acceptors (Lipinski definition) is 8. The van der Waals surface area contributed by atoms with E-state index < -0.39 is 37.3 Å². The van der Waals surface area contributed by atoms with E-state index >= 15 is 0 Å². The van der Waals surface area contributed by atoms with Crippen molar-refractivity contribution in [1.82, 2.24) is 19.9 Å². The molecular weight excluding hydrogens is 464 g/mol. The first kappa shape index (κ1) is 24.1. The molecule has 3 aliphatic heterocycles. The van der Waals surface area contributed by atoms with Crippen molar-refractivity contribution in [2.45, 2.75) is 30.7 Å². The molecule has 3 aromatic heterocycles. The molecule has 0 unspecified atom stereocenters. The first-order chi connectivity index (χ1) is 17.4. The first-order valence-electron chi connectivity index (χ1n) is 11.4. The highest BCUT2D eigenvalue weighted by Gasteiger charge is 2.42. The standard InChI is InChI=1S/C20H14N4.C6H12O6/c1-2-14-10-16-5-6-18(23-16)12-20-8-7-19(24-20)11-17-4-3-15(22-17)9-13(1)21-14;7-1-2-3(8)4(9)5(10)6(11)12-2/h1-12,21-22H;2-11H,1H2/t;2-,3-,4+,5+,6+/m.1/s1. The van der Waals surface area contributed by atoms with E-state index in [9.17, 15) is 0 Å². The number of rotatable bonds is 1. The normalized spacial score (nSPS) is 24.9. The Morgan fingerprint density at radius 3 is 1.53 bits per heavy atom. The monoisotopic (exact) mass is 490 g/mol. The SMILES string of the molecule is C1=Cc2cc3ccc(cc4ccc(cc5nc(cc1n2)C=C5)[nH]4)[nH]3.OC[C@H]1O[C@H](O)[C@@H](O)[C@@H](O)[C@@H]1O. The van der Waals surface area contributed by atoms with Gasteiger partial charge >= 0.3 is 0 Å². The Kier molecular flexibility index (Phi) is 6.79. The Bertz CT molecular complexity index is 1370. The molecule has 186 valence electrons. The topological polar surface area (TPSA) is 168 Å². The summed E-state index contributed by atoms with van der Waals surface area (Å²) in [6, 6.07) is 16.4. The molecule has 0 amide bonds. The fourth-order valence-corrected chi connectivity index (χ4v) is 4.03. The van der Waals surface area contributed by atoms with Crippen LogP contribution in [0.25, 0.3) is 46.4 Å². The number of hydrogen-bond donors (Lipinski definition) is 7. The molecule has 3 aromatic rings. The minimum atomic E-state index is -1.57. The van der Waals surface area contributed by atoms with E-state index in [-0.39, 0.29) is 0 Å². The molecule has 10 heteroatoms. The van der Waals surface area contributed by atoms with E-state index in [1.54, 1.807) is 0 Å². The molecular formula is C26H26N4O6. The molecule has 7 N–H and O–H groups in total. The number of aliphatic hydroxyl groups is 5. The maximum absolute atomic E-state index is 9.12. The van der Waals surface area contributed by atoms with Crippen LogP contribution in [0, 0.1) is 0 Å². The highest BCUT2D eigenvalue weighted by molar-refractivity contribution is 5.77. The van der Waals surface area contributed by atoms with Crippen molar-refractivity contribution in [3.63, 3.8) is 0 Å². The smallest absolute Gasteiger partial charge is 0.184 e. The van der Waals surface area contributed by atoms with Gasteiger partial charge < -0.3 is 40.2 Å². The van der Waals surface area contributed by atoms with Gasteiger partial charge in [-0.25, -0.2) is 9.97 Å². The van der Waals surface area contributed by atoms with E-state index in [1.807, 2.05) is 42.5 Å². The van der Waals surface area contributed by atoms with E-state index in [1.165, 1.54) is 0 Å². The molecule has 1 saturated heterocycles. The van der Waals surface area contributed by atoms with Gasteiger partial charge in [0.15, 0.2) is 6.29 Å². The van der Waals surface area contributed by atoms with Crippen LogP contribution in [-0.2, 0) is 4.74 Å². The van der Waals surface area contributed by atoms with Crippen molar-refractivity contribution < 1.29 is 30.3 Å². The third-order valence-electron chi connectivity index (χ3n) is 5.91. The first-order valence-corrected chi connectivity index (χ1v) is 11.4. The number of ether oxygens (including phenoxy) is 1. The third kappa shape index (κ3) is 5.29. The van der Waals surface area contributed by atoms with Gasteiger partial charge in [-0.15, -0.1) is 0 Å². The maximum Gasteiger partial charge on any atom is 0.184 e. The fraction of sp³-hybridized carbons (Fsp3) is 0.231. The minimum absolute atomic E-state index is 0.526. The molecule has 5 atom stereocenters. The number of nitrogens with zero attached hydrogens (tertiary/aromatic N) is 2. The van der Waals surface area contributed by atoms with E-state index in [4.69, 9.17) is 25.5 Å². The maximum atomic E-state index is 9.12. The lowest BCUT2D eigenvalue weighted by molar-refractivity contribution is -0.286. The summed E-state index contributed by atoms with van der Waals surface area (Å²) < 4.78 is 4.58. The molecule has 0 aromatic carbocycles. The zero-order chi connectivity index (χ0) is 25.2. The average molecular weight is 491 g/mol. The minimum Gasteiger partial charge on any atom is -0.394 e. The zero-order valence-electron chi connectivity index (χ0n) is 19.1. The van der Waals surface area contributed by atoms with Gasteiger partial charge in [0, 0.05) is 22.1 Å². The Morgan fingerprint density at radius 2 is 1.06 bits per heavy atom. The molecule has 0 saturated carbocycles. The van der Waals surface area contributed by atoms with Crippen LogP contribution < -0.4 is 0 Å². The van der Waals surface area contributed by atoms with Crippen LogP contribution in [-0.4, -0.2) is 82.8 Å². The van der Waals surface area contributed by atoms with Crippen LogP contribution in [0.1, 0.15) is 22.8 Å². The Hall–Kier alpha value is -3.64. The summed E-state index contributed by atoms with van der Waals surface area (Å²) in [5.41, 5.74) is 7.86. The number of aliphatic hydroxyl groups excluding tert-OH is 5. The number of nitrogens with one attached hydrogen (secondary N) is 2. The molecule has 36 heavy (non-hydrogen) atoms. The molecule has 6 rings (SSSR count). The van der Waals surface area contributed by atoms with E-state index in [0.29, 0.717) is 0 Å². The van der Waals surface area contributed by atoms with Crippen LogP contribution in [0.5, 0.6) is 0 Å². The Labute approximate surface area is 205 Å². The number of H-pyrrole nitrogens is 2. The van der Waals surface area contributed by atoms with Crippen molar-refractivity contribution >= 4 is 46.4 Å². The van der Waals surface area contributed by atoms with Gasteiger partial charge in [0.05, 0.1) is 29.4 Å². The van der Waals surface area contributed by atoms with Gasteiger partial charge in [0.25, 0.3) is 0 Å². The molecule has 0 spiro atoms. The van der Waals surface area contributed by atoms with Crippen molar-refractivity contribution in [2.24, 2.45) is 0 Å². The summed E-state index contributed by atoms with van der Waals surface area (Å²) in [7, 11) is 0. The number of aromatic nitrogens is 4. The molecule has 1 fully saturated rings. The third-order valence-corrected chi connectivity index (χ3v) is 5.91. The molecule has 3 aliphatic rings. The molecule has 0 radical (unpaired) electrons. The highest BCUT2D eigenvalue weighted by atomic mass is 16.6. The van der Waals surface area contributed by atoms with Gasteiger partial charge in [0.1, 0.15) is 24.4 Å². The van der Waals surface area contributed by atoms with E-state index in [2.05, 4.69) is 55.0 Å². The second-order valence-electron chi connectivity index (χ2n) is 8.62. The molecule has 0 aliphatic carbocycles. The number of fused-ring (bicyclic) bond motifs is 8. The Balaban J connectivity index is 0.000000189. The van der Waals surface area contributed by atoms with Gasteiger partial charge in [0.2, 0.25) is 0 Å². The van der Waals surface area contributed by atoms with Gasteiger partial charge in [-0.1, -0.05) is 0 Å². The zero-order valence-corrected chi connectivity index (χ0v) is 19.1. The van der Waals surface area contributed by atoms with Crippen LogP contribution in [0.3, 0.4) is 0 Å². The Morgan fingerprint density at radius 1 is 0.611 bits per heavy atom. The summed E-state index contributed by atoms with van der Waals surface area (Å²) in [6.07, 6.45) is 1.01. The average Bonchev–Trinajstić information content (AvgIpc) is 3.67. The second-order valence-corrected chi connectivity index (χ2v) is 8.62. The van der Waals surface area contributed by atoms with Crippen molar-refractivity contribution in [3.8, 4) is 0 Å². The summed E-state index contributed by atoms with van der Waals surface area (Å²) in [6.45, 7) is -0.526. The van der Waals surface area contributed by atoms with Crippen LogP contribution >= 0.6 is 0 Å². The summed E-state index contributed by atoms with van der Waals surface area (Å²) in [5.74, 6) is 0. The van der Waals surface area contributed by atoms with Crippen molar-refractivity contribution in [3.05, 3.63) is 71.3 Å². The molecule has 10 nitrogen and oxygen atoms in total. The lowest BCUT2D eigenvalue weighted by Gasteiger charge is -2.37. The van der Waals surface area contributed by atoms with Gasteiger partial charge in [-0.05, 0) is 72.8 Å². The van der Waals surface area contributed by atoms with Crippen LogP contribution in [0.2, 0.25) is 0 Å². The van der Waals surface area contributed by atoms with Crippen molar-refractivity contribution in [1.29, 1.82) is 0 Å². The van der Waals surface area contributed by atoms with Crippen molar-refractivity contribution in [2.75, 3.05) is 6.61 Å². The lowest BCUT2D eigenvalue weighted by atomic mass is 10.00. The predicted molar refractivity (Wildman–Crippen MR) is 135 cm³/mol. The summed E-state index contributed by atoms with van der Waals surface area (Å²) in [4.78, 5) is 16.0.